The third-order valence-electron chi connectivity index (χ3n) is 3.85. The van der Waals surface area contributed by atoms with Crippen LogP contribution >= 0.6 is 0 Å². The molecule has 1 aliphatic rings. The summed E-state index contributed by atoms with van der Waals surface area (Å²) in [4.78, 5) is 24.2. The van der Waals surface area contributed by atoms with Gasteiger partial charge in [-0.25, -0.2) is 15.0 Å². The van der Waals surface area contributed by atoms with Crippen molar-refractivity contribution in [2.24, 2.45) is 0 Å². The van der Waals surface area contributed by atoms with Crippen LogP contribution < -0.4 is 11.1 Å². The quantitative estimate of drug-likeness (QED) is 0.371. The molecule has 2 aromatic heterocycles. The lowest BCUT2D eigenvalue weighted by molar-refractivity contribution is -0.137. The van der Waals surface area contributed by atoms with Gasteiger partial charge < -0.3 is 31.1 Å². The maximum absolute atomic E-state index is 12.0. The lowest BCUT2D eigenvalue weighted by Gasteiger charge is -2.16. The number of aliphatic hydroxyl groups excluding tert-OH is 3. The zero-order valence-electron chi connectivity index (χ0n) is 13.8. The van der Waals surface area contributed by atoms with Crippen LogP contribution in [0.4, 0.5) is 5.82 Å². The lowest BCUT2D eigenvalue weighted by Crippen LogP contribution is -2.42. The molecule has 0 saturated carbocycles. The smallest absolute Gasteiger partial charge is 0.252 e. The summed E-state index contributed by atoms with van der Waals surface area (Å²) in [6.45, 7) is 1.72. The van der Waals surface area contributed by atoms with Crippen molar-refractivity contribution in [2.75, 3.05) is 18.9 Å². The van der Waals surface area contributed by atoms with Gasteiger partial charge in [-0.1, -0.05) is 5.92 Å². The molecule has 11 nitrogen and oxygen atoms in total. The van der Waals surface area contributed by atoms with Crippen molar-refractivity contribution in [2.45, 2.75) is 31.5 Å². The van der Waals surface area contributed by atoms with E-state index < -0.39 is 30.4 Å². The number of anilines is 1. The molecule has 2 aromatic rings. The molecule has 1 amide bonds. The minimum Gasteiger partial charge on any atom is -0.387 e. The van der Waals surface area contributed by atoms with E-state index in [-0.39, 0.29) is 29.4 Å². The number of aliphatic hydroxyl groups is 3. The van der Waals surface area contributed by atoms with Gasteiger partial charge in [-0.05, 0) is 12.8 Å². The van der Waals surface area contributed by atoms with E-state index in [0.29, 0.717) is 6.54 Å². The summed E-state index contributed by atoms with van der Waals surface area (Å²) >= 11 is 0. The Morgan fingerprint density at radius 1 is 1.42 bits per heavy atom. The van der Waals surface area contributed by atoms with E-state index >= 15 is 0 Å². The van der Waals surface area contributed by atoms with Gasteiger partial charge in [0.05, 0.1) is 6.33 Å². The SMILES string of the molecule is CCNC(=O)[C@H]1O[C@@H](n2cnc3c(N)nc(C#CCO)nc32)[C@H](O)[C@@H]1O. The highest BCUT2D eigenvalue weighted by Crippen LogP contribution is 2.32. The van der Waals surface area contributed by atoms with Crippen molar-refractivity contribution in [3.05, 3.63) is 12.2 Å². The van der Waals surface area contributed by atoms with Gasteiger partial charge in [0.15, 0.2) is 23.8 Å². The number of imidazole rings is 1. The molecule has 26 heavy (non-hydrogen) atoms. The lowest BCUT2D eigenvalue weighted by atomic mass is 10.1. The van der Waals surface area contributed by atoms with Crippen LogP contribution in [-0.2, 0) is 9.53 Å². The van der Waals surface area contributed by atoms with Gasteiger partial charge in [0.2, 0.25) is 5.82 Å². The predicted molar refractivity (Wildman–Crippen MR) is 88.3 cm³/mol. The number of nitrogen functional groups attached to an aromatic ring is 1. The fourth-order valence-corrected chi connectivity index (χ4v) is 2.68. The summed E-state index contributed by atoms with van der Waals surface area (Å²) < 4.78 is 6.90. The normalized spacial score (nSPS) is 25.1. The second kappa shape index (κ2) is 7.22. The number of carbonyl (C=O) groups is 1. The molecule has 0 radical (unpaired) electrons. The topological polar surface area (TPSA) is 169 Å². The van der Waals surface area contributed by atoms with Crippen molar-refractivity contribution in [3.8, 4) is 11.8 Å². The molecule has 0 aromatic carbocycles. The van der Waals surface area contributed by atoms with Crippen molar-refractivity contribution < 1.29 is 24.9 Å². The van der Waals surface area contributed by atoms with Crippen molar-refractivity contribution >= 4 is 22.9 Å². The molecule has 1 fully saturated rings. The first-order valence-corrected chi connectivity index (χ1v) is 7.87. The average molecular weight is 362 g/mol. The molecule has 1 aliphatic heterocycles. The maximum atomic E-state index is 12.0. The number of fused-ring (bicyclic) bond motifs is 1. The molecule has 0 unspecified atom stereocenters. The largest absolute Gasteiger partial charge is 0.387 e. The van der Waals surface area contributed by atoms with E-state index in [2.05, 4.69) is 32.1 Å². The van der Waals surface area contributed by atoms with E-state index in [1.54, 1.807) is 6.92 Å². The Balaban J connectivity index is 2.00. The summed E-state index contributed by atoms with van der Waals surface area (Å²) in [6, 6.07) is 0. The van der Waals surface area contributed by atoms with Gasteiger partial charge in [-0.15, -0.1) is 0 Å². The van der Waals surface area contributed by atoms with Crippen LogP contribution in [0.25, 0.3) is 11.2 Å². The molecular weight excluding hydrogens is 344 g/mol. The van der Waals surface area contributed by atoms with Crippen LogP contribution in [0.5, 0.6) is 0 Å². The highest BCUT2D eigenvalue weighted by atomic mass is 16.6. The number of carbonyl (C=O) groups excluding carboxylic acids is 1. The third kappa shape index (κ3) is 3.06. The zero-order chi connectivity index (χ0) is 18.8. The van der Waals surface area contributed by atoms with E-state index in [0.717, 1.165) is 0 Å². The molecule has 0 bridgehead atoms. The number of nitrogens with two attached hydrogens (primary N) is 1. The van der Waals surface area contributed by atoms with E-state index in [4.69, 9.17) is 15.6 Å². The fourth-order valence-electron chi connectivity index (χ4n) is 2.68. The molecule has 0 spiro atoms. The second-order valence-corrected chi connectivity index (χ2v) is 5.54. The van der Waals surface area contributed by atoms with Crippen molar-refractivity contribution in [3.63, 3.8) is 0 Å². The first kappa shape index (κ1) is 18.0. The minimum absolute atomic E-state index is 0.0547. The number of nitrogens with zero attached hydrogens (tertiary/aromatic N) is 4. The fraction of sp³-hybridized carbons (Fsp3) is 0.467. The van der Waals surface area contributed by atoms with Gasteiger partial charge in [0, 0.05) is 6.54 Å². The predicted octanol–water partition coefficient (Wildman–Crippen LogP) is -2.49. The minimum atomic E-state index is -1.42. The Kier molecular flexibility index (Phi) is 5.01. The summed E-state index contributed by atoms with van der Waals surface area (Å²) in [5, 5.41) is 31.8. The number of aromatic nitrogens is 4. The number of likely N-dealkylation sites (N-methyl/N-ethyl adjacent to an activating group) is 1. The van der Waals surface area contributed by atoms with Crippen LogP contribution in [0.2, 0.25) is 0 Å². The highest BCUT2D eigenvalue weighted by Gasteiger charge is 2.47. The summed E-state index contributed by atoms with van der Waals surface area (Å²) in [5.74, 6) is 4.53. The molecule has 3 rings (SSSR count). The molecule has 0 aliphatic carbocycles. The standard InChI is InChI=1S/C15H18N6O5/c1-2-17-14(25)11-9(23)10(24)15(26-11)21-6-18-8-12(16)19-7(4-3-5-22)20-13(8)21/h6,9-11,15,22-24H,2,5H2,1H3,(H,17,25)(H2,16,19,20)/t9-,10+,11-,15+/m0/s1. The number of hydrogen-bond acceptors (Lipinski definition) is 9. The Morgan fingerprint density at radius 2 is 2.19 bits per heavy atom. The third-order valence-corrected chi connectivity index (χ3v) is 3.85. The van der Waals surface area contributed by atoms with Gasteiger partial charge >= 0.3 is 0 Å². The number of ether oxygens (including phenoxy) is 1. The van der Waals surface area contributed by atoms with Crippen LogP contribution in [0.1, 0.15) is 19.0 Å². The number of nitrogens with one attached hydrogen (secondary N) is 1. The molecule has 1 saturated heterocycles. The molecule has 4 atom stereocenters. The molecule has 3 heterocycles. The second-order valence-electron chi connectivity index (χ2n) is 5.54. The summed E-state index contributed by atoms with van der Waals surface area (Å²) in [7, 11) is 0. The van der Waals surface area contributed by atoms with Crippen molar-refractivity contribution in [1.29, 1.82) is 0 Å². The Bertz CT molecular complexity index is 888. The van der Waals surface area contributed by atoms with Crippen LogP contribution in [0.3, 0.4) is 0 Å². The Morgan fingerprint density at radius 3 is 2.88 bits per heavy atom. The van der Waals surface area contributed by atoms with Crippen LogP contribution in [0.15, 0.2) is 6.33 Å². The van der Waals surface area contributed by atoms with Gasteiger partial charge in [0.1, 0.15) is 24.3 Å². The number of hydrogen-bond donors (Lipinski definition) is 5. The highest BCUT2D eigenvalue weighted by molar-refractivity contribution is 5.83. The first-order valence-electron chi connectivity index (χ1n) is 7.87. The summed E-state index contributed by atoms with van der Waals surface area (Å²) in [5.41, 5.74) is 6.31. The number of amides is 1. The monoisotopic (exact) mass is 362 g/mol. The van der Waals surface area contributed by atoms with Gasteiger partial charge in [-0.2, -0.15) is 0 Å². The van der Waals surface area contributed by atoms with E-state index in [1.165, 1.54) is 10.9 Å². The average Bonchev–Trinajstić information content (AvgIpc) is 3.16. The van der Waals surface area contributed by atoms with E-state index in [9.17, 15) is 15.0 Å². The van der Waals surface area contributed by atoms with Gasteiger partial charge in [-0.3, -0.25) is 9.36 Å². The van der Waals surface area contributed by atoms with Crippen LogP contribution in [0, 0.1) is 11.8 Å². The van der Waals surface area contributed by atoms with Crippen molar-refractivity contribution in [1.82, 2.24) is 24.8 Å². The molecule has 6 N–H and O–H groups in total. The van der Waals surface area contributed by atoms with Gasteiger partial charge in [0.25, 0.3) is 5.91 Å². The molecule has 11 heteroatoms. The zero-order valence-corrected chi connectivity index (χ0v) is 13.8. The number of rotatable bonds is 3. The molecule has 138 valence electrons. The molecular formula is C15H18N6O5. The Labute approximate surface area is 147 Å². The van der Waals surface area contributed by atoms with Crippen LogP contribution in [-0.4, -0.2) is 72.2 Å². The first-order chi connectivity index (χ1) is 12.5. The maximum Gasteiger partial charge on any atom is 0.252 e. The Hall–Kier alpha value is -2.78. The van der Waals surface area contributed by atoms with E-state index in [1.807, 2.05) is 0 Å². The summed E-state index contributed by atoms with van der Waals surface area (Å²) in [6.07, 6.45) is -3.82.